The quantitative estimate of drug-likeness (QED) is 0.869. The molecule has 1 N–H and O–H groups in total. The molecule has 0 spiro atoms. The van der Waals surface area contributed by atoms with Crippen molar-refractivity contribution in [3.63, 3.8) is 0 Å². The molecule has 18 heavy (non-hydrogen) atoms. The van der Waals surface area contributed by atoms with Gasteiger partial charge in [0.2, 0.25) is 10.0 Å². The van der Waals surface area contributed by atoms with Crippen molar-refractivity contribution in [3.05, 3.63) is 29.3 Å². The van der Waals surface area contributed by atoms with Crippen LogP contribution in [0.4, 0.5) is 5.69 Å². The van der Waals surface area contributed by atoms with Crippen LogP contribution in [-0.4, -0.2) is 32.3 Å². The highest BCUT2D eigenvalue weighted by atomic mass is 32.2. The maximum Gasteiger partial charge on any atom is 0.308 e. The Morgan fingerprint density at radius 2 is 2.11 bits per heavy atom. The van der Waals surface area contributed by atoms with E-state index in [0.29, 0.717) is 12.1 Å². The Labute approximate surface area is 106 Å². The molecule has 2 rings (SSSR count). The molecule has 0 saturated carbocycles. The summed E-state index contributed by atoms with van der Waals surface area (Å²) < 4.78 is 24.7. The number of carbonyl (C=O) groups is 1. The number of carboxylic acids is 1. The Hall–Kier alpha value is -1.56. The fourth-order valence-electron chi connectivity index (χ4n) is 2.19. The summed E-state index contributed by atoms with van der Waals surface area (Å²) in [7, 11) is -3.45. The largest absolute Gasteiger partial charge is 0.481 e. The number of aliphatic carboxylic acids is 1. The lowest BCUT2D eigenvalue weighted by molar-refractivity contribution is -0.141. The molecule has 0 fully saturated rings. The lowest BCUT2D eigenvalue weighted by Gasteiger charge is -2.32. The topological polar surface area (TPSA) is 74.7 Å². The summed E-state index contributed by atoms with van der Waals surface area (Å²) in [5, 5.41) is 9.08. The summed E-state index contributed by atoms with van der Waals surface area (Å²) in [6.07, 6.45) is 1.47. The zero-order valence-corrected chi connectivity index (χ0v) is 11.1. The van der Waals surface area contributed by atoms with Crippen molar-refractivity contribution in [2.24, 2.45) is 5.92 Å². The average Bonchev–Trinajstić information content (AvgIpc) is 2.26. The van der Waals surface area contributed by atoms with Crippen molar-refractivity contribution in [1.82, 2.24) is 0 Å². The van der Waals surface area contributed by atoms with Gasteiger partial charge in [-0.1, -0.05) is 12.1 Å². The molecule has 0 saturated heterocycles. The minimum atomic E-state index is -3.45. The number of benzene rings is 1. The minimum absolute atomic E-state index is 0.00458. The van der Waals surface area contributed by atoms with Crippen LogP contribution in [0, 0.1) is 12.8 Å². The van der Waals surface area contributed by atoms with E-state index in [0.717, 1.165) is 17.4 Å². The van der Waals surface area contributed by atoms with Crippen molar-refractivity contribution < 1.29 is 18.3 Å². The Bertz CT molecular complexity index is 594. The van der Waals surface area contributed by atoms with E-state index in [2.05, 4.69) is 0 Å². The summed E-state index contributed by atoms with van der Waals surface area (Å²) >= 11 is 0. The molecule has 1 aliphatic heterocycles. The molecule has 6 heteroatoms. The van der Waals surface area contributed by atoms with Gasteiger partial charge in [-0.05, 0) is 30.5 Å². The van der Waals surface area contributed by atoms with E-state index in [9.17, 15) is 13.2 Å². The summed E-state index contributed by atoms with van der Waals surface area (Å²) in [6.45, 7) is 1.88. The lowest BCUT2D eigenvalue weighted by Crippen LogP contribution is -2.42. The number of anilines is 1. The second-order valence-electron chi connectivity index (χ2n) is 4.67. The van der Waals surface area contributed by atoms with Gasteiger partial charge in [0.15, 0.2) is 0 Å². The zero-order chi connectivity index (χ0) is 13.5. The molecule has 98 valence electrons. The molecule has 0 aliphatic carbocycles. The van der Waals surface area contributed by atoms with E-state index in [4.69, 9.17) is 5.11 Å². The van der Waals surface area contributed by atoms with Crippen LogP contribution in [-0.2, 0) is 21.2 Å². The normalized spacial score (nSPS) is 19.4. The maximum atomic E-state index is 11.8. The van der Waals surface area contributed by atoms with E-state index in [1.54, 1.807) is 12.1 Å². The van der Waals surface area contributed by atoms with Crippen LogP contribution in [0.1, 0.15) is 11.1 Å². The van der Waals surface area contributed by atoms with Crippen molar-refractivity contribution in [1.29, 1.82) is 0 Å². The number of hydrogen-bond acceptors (Lipinski definition) is 3. The molecule has 1 aromatic carbocycles. The first kappa shape index (κ1) is 12.9. The van der Waals surface area contributed by atoms with Crippen LogP contribution >= 0.6 is 0 Å². The molecular weight excluding hydrogens is 254 g/mol. The van der Waals surface area contributed by atoms with E-state index < -0.39 is 21.9 Å². The Kier molecular flexibility index (Phi) is 3.06. The number of sulfonamides is 1. The Morgan fingerprint density at radius 1 is 1.44 bits per heavy atom. The van der Waals surface area contributed by atoms with Gasteiger partial charge in [0.05, 0.1) is 17.9 Å². The summed E-state index contributed by atoms with van der Waals surface area (Å²) in [5.41, 5.74) is 2.33. The van der Waals surface area contributed by atoms with Crippen LogP contribution in [0.15, 0.2) is 18.2 Å². The number of hydrogen-bond donors (Lipinski definition) is 1. The molecule has 1 unspecified atom stereocenters. The van der Waals surface area contributed by atoms with Crippen LogP contribution in [0.2, 0.25) is 0 Å². The SMILES string of the molecule is Cc1ccc2c(c1)N(S(C)(=O)=O)CC(C(=O)O)C2. The smallest absolute Gasteiger partial charge is 0.308 e. The highest BCUT2D eigenvalue weighted by molar-refractivity contribution is 7.92. The van der Waals surface area contributed by atoms with Crippen molar-refractivity contribution in [3.8, 4) is 0 Å². The molecule has 1 atom stereocenters. The molecule has 0 amide bonds. The minimum Gasteiger partial charge on any atom is -0.481 e. The first-order valence-corrected chi connectivity index (χ1v) is 7.44. The number of fused-ring (bicyclic) bond motifs is 1. The molecule has 0 aromatic heterocycles. The van der Waals surface area contributed by atoms with Gasteiger partial charge < -0.3 is 5.11 Å². The fourth-order valence-corrected chi connectivity index (χ4v) is 3.16. The van der Waals surface area contributed by atoms with E-state index in [1.165, 1.54) is 4.31 Å². The highest BCUT2D eigenvalue weighted by Gasteiger charge is 2.33. The van der Waals surface area contributed by atoms with Crippen LogP contribution in [0.5, 0.6) is 0 Å². The lowest BCUT2D eigenvalue weighted by atomic mass is 9.93. The first-order valence-electron chi connectivity index (χ1n) is 5.59. The summed E-state index contributed by atoms with van der Waals surface area (Å²) in [4.78, 5) is 11.1. The number of aryl methyl sites for hydroxylation is 1. The standard InChI is InChI=1S/C12H15NO4S/c1-8-3-4-9-6-10(12(14)15)7-13(11(9)5-8)18(2,16)17/h3-5,10H,6-7H2,1-2H3,(H,14,15). The molecular formula is C12H15NO4S. The van der Waals surface area contributed by atoms with Gasteiger partial charge in [0.1, 0.15) is 0 Å². The number of rotatable bonds is 2. The van der Waals surface area contributed by atoms with Gasteiger partial charge in [-0.25, -0.2) is 8.42 Å². The second-order valence-corrected chi connectivity index (χ2v) is 6.57. The van der Waals surface area contributed by atoms with Gasteiger partial charge in [0.25, 0.3) is 0 Å². The third kappa shape index (κ3) is 2.33. The predicted molar refractivity (Wildman–Crippen MR) is 68.2 cm³/mol. The number of nitrogens with zero attached hydrogens (tertiary/aromatic N) is 1. The summed E-state index contributed by atoms with van der Waals surface area (Å²) in [6, 6.07) is 5.45. The first-order chi connectivity index (χ1) is 8.29. The fraction of sp³-hybridized carbons (Fsp3) is 0.417. The predicted octanol–water partition coefficient (Wildman–Crippen LogP) is 1.02. The summed E-state index contributed by atoms with van der Waals surface area (Å²) in [5.74, 6) is -1.65. The van der Waals surface area contributed by atoms with Gasteiger partial charge in [-0.3, -0.25) is 9.10 Å². The highest BCUT2D eigenvalue weighted by Crippen LogP contribution is 2.32. The van der Waals surface area contributed by atoms with Gasteiger partial charge in [-0.15, -0.1) is 0 Å². The molecule has 0 radical (unpaired) electrons. The van der Waals surface area contributed by atoms with Crippen molar-refractivity contribution in [2.75, 3.05) is 17.1 Å². The van der Waals surface area contributed by atoms with Crippen LogP contribution in [0.3, 0.4) is 0 Å². The van der Waals surface area contributed by atoms with Gasteiger partial charge in [-0.2, -0.15) is 0 Å². The number of carboxylic acid groups (broad SMARTS) is 1. The Morgan fingerprint density at radius 3 is 2.67 bits per heavy atom. The maximum absolute atomic E-state index is 11.8. The van der Waals surface area contributed by atoms with E-state index in [-0.39, 0.29) is 6.54 Å². The van der Waals surface area contributed by atoms with Gasteiger partial charge in [0, 0.05) is 6.54 Å². The van der Waals surface area contributed by atoms with Crippen LogP contribution in [0.25, 0.3) is 0 Å². The zero-order valence-electron chi connectivity index (χ0n) is 10.3. The van der Waals surface area contributed by atoms with E-state index >= 15 is 0 Å². The molecule has 1 aromatic rings. The van der Waals surface area contributed by atoms with Gasteiger partial charge >= 0.3 is 5.97 Å². The molecule has 1 heterocycles. The second kappa shape index (κ2) is 4.28. The molecule has 5 nitrogen and oxygen atoms in total. The van der Waals surface area contributed by atoms with E-state index in [1.807, 2.05) is 13.0 Å². The van der Waals surface area contributed by atoms with Crippen molar-refractivity contribution in [2.45, 2.75) is 13.3 Å². The Balaban J connectivity index is 2.54. The third-order valence-electron chi connectivity index (χ3n) is 3.11. The monoisotopic (exact) mass is 269 g/mol. The molecule has 0 bridgehead atoms. The van der Waals surface area contributed by atoms with Crippen molar-refractivity contribution >= 4 is 21.7 Å². The average molecular weight is 269 g/mol. The molecule has 1 aliphatic rings. The van der Waals surface area contributed by atoms with Crippen LogP contribution < -0.4 is 4.31 Å². The third-order valence-corrected chi connectivity index (χ3v) is 4.26.